The Hall–Kier alpha value is -3.14. The number of nitrogens with zero attached hydrogens (tertiary/aromatic N) is 4. The second-order valence-electron chi connectivity index (χ2n) is 9.92. The molecular formula is C25H30N4O5S. The Morgan fingerprint density at radius 1 is 1.20 bits per heavy atom. The predicted octanol–water partition coefficient (Wildman–Crippen LogP) is 5.11. The van der Waals surface area contributed by atoms with Gasteiger partial charge in [0, 0.05) is 24.7 Å². The van der Waals surface area contributed by atoms with Crippen molar-refractivity contribution in [3.8, 4) is 10.6 Å². The molecule has 1 aromatic carbocycles. The lowest BCUT2D eigenvalue weighted by Crippen LogP contribution is -2.63. The third-order valence-electron chi connectivity index (χ3n) is 6.29. The van der Waals surface area contributed by atoms with Crippen molar-refractivity contribution >= 4 is 40.5 Å². The highest BCUT2D eigenvalue weighted by molar-refractivity contribution is 7.13. The normalized spacial score (nSPS) is 20.2. The van der Waals surface area contributed by atoms with Crippen LogP contribution in [0.2, 0.25) is 0 Å². The van der Waals surface area contributed by atoms with Gasteiger partial charge in [0.2, 0.25) is 0 Å². The summed E-state index contributed by atoms with van der Waals surface area (Å²) in [5.41, 5.74) is 1.59. The maximum atomic E-state index is 13.0. The molecule has 2 saturated heterocycles. The molecule has 10 heteroatoms. The van der Waals surface area contributed by atoms with Crippen LogP contribution in [0.15, 0.2) is 28.1 Å². The van der Waals surface area contributed by atoms with Crippen LogP contribution in [-0.4, -0.2) is 64.3 Å². The fourth-order valence-corrected chi connectivity index (χ4v) is 5.57. The largest absolute Gasteiger partial charge is 0.462 e. The van der Waals surface area contributed by atoms with Crippen LogP contribution in [0, 0.1) is 0 Å². The van der Waals surface area contributed by atoms with Crippen LogP contribution in [0.25, 0.3) is 21.7 Å². The molecule has 5 rings (SSSR count). The molecule has 0 N–H and O–H groups in total. The van der Waals surface area contributed by atoms with E-state index in [-0.39, 0.29) is 24.8 Å². The molecule has 2 bridgehead atoms. The molecule has 2 atom stereocenters. The van der Waals surface area contributed by atoms with Crippen molar-refractivity contribution in [2.75, 3.05) is 24.6 Å². The number of rotatable bonds is 4. The van der Waals surface area contributed by atoms with Gasteiger partial charge in [-0.1, -0.05) is 0 Å². The monoisotopic (exact) mass is 498 g/mol. The highest BCUT2D eigenvalue weighted by atomic mass is 32.1. The van der Waals surface area contributed by atoms with Crippen LogP contribution >= 0.6 is 11.3 Å². The third-order valence-corrected chi connectivity index (χ3v) is 7.10. The number of carbonyl (C=O) groups excluding carboxylic acids is 2. The smallest absolute Gasteiger partial charge is 0.410 e. The first-order valence-electron chi connectivity index (χ1n) is 12.0. The van der Waals surface area contributed by atoms with E-state index in [2.05, 4.69) is 9.88 Å². The van der Waals surface area contributed by atoms with E-state index in [1.807, 2.05) is 37.1 Å². The Kier molecular flexibility index (Phi) is 6.16. The van der Waals surface area contributed by atoms with Gasteiger partial charge in [-0.25, -0.2) is 14.6 Å². The van der Waals surface area contributed by atoms with Crippen molar-refractivity contribution < 1.29 is 23.5 Å². The zero-order valence-corrected chi connectivity index (χ0v) is 21.3. The minimum Gasteiger partial charge on any atom is -0.462 e. The molecule has 4 heterocycles. The van der Waals surface area contributed by atoms with Crippen molar-refractivity contribution in [3.05, 3.63) is 29.3 Å². The van der Waals surface area contributed by atoms with E-state index in [1.165, 1.54) is 11.3 Å². The van der Waals surface area contributed by atoms with Gasteiger partial charge in [-0.2, -0.15) is 4.98 Å². The Bertz CT molecular complexity index is 1220. The number of oxazole rings is 1. The Morgan fingerprint density at radius 2 is 1.94 bits per heavy atom. The first-order chi connectivity index (χ1) is 16.7. The molecule has 9 nitrogen and oxygen atoms in total. The average Bonchev–Trinajstić information content (AvgIpc) is 3.47. The summed E-state index contributed by atoms with van der Waals surface area (Å²) in [6.07, 6.45) is 4.33. The molecule has 186 valence electrons. The summed E-state index contributed by atoms with van der Waals surface area (Å²) in [4.78, 5) is 38.8. The number of benzene rings is 1. The summed E-state index contributed by atoms with van der Waals surface area (Å²) >= 11 is 1.49. The van der Waals surface area contributed by atoms with Crippen molar-refractivity contribution in [2.24, 2.45) is 0 Å². The summed E-state index contributed by atoms with van der Waals surface area (Å²) in [5.74, 6) is -0.436. The highest BCUT2D eigenvalue weighted by Crippen LogP contribution is 2.37. The van der Waals surface area contributed by atoms with Crippen LogP contribution in [-0.2, 0) is 9.47 Å². The number of carbonyl (C=O) groups is 2. The molecule has 3 aromatic rings. The highest BCUT2D eigenvalue weighted by Gasteiger charge is 2.43. The quantitative estimate of drug-likeness (QED) is 0.458. The Morgan fingerprint density at radius 3 is 2.57 bits per heavy atom. The number of piperidine rings is 1. The molecule has 2 aliphatic heterocycles. The molecule has 0 saturated carbocycles. The van der Waals surface area contributed by atoms with Gasteiger partial charge >= 0.3 is 12.1 Å². The second kappa shape index (κ2) is 9.14. The van der Waals surface area contributed by atoms with Crippen molar-refractivity contribution in [2.45, 2.75) is 64.6 Å². The molecule has 2 aliphatic rings. The van der Waals surface area contributed by atoms with Crippen LogP contribution in [0.5, 0.6) is 0 Å². The van der Waals surface area contributed by atoms with Gasteiger partial charge in [0.1, 0.15) is 16.1 Å². The van der Waals surface area contributed by atoms with Gasteiger partial charge in [-0.3, -0.25) is 4.90 Å². The van der Waals surface area contributed by atoms with Crippen LogP contribution < -0.4 is 4.90 Å². The summed E-state index contributed by atoms with van der Waals surface area (Å²) in [6, 6.07) is 4.01. The van der Waals surface area contributed by atoms with E-state index in [0.29, 0.717) is 35.8 Å². The lowest BCUT2D eigenvalue weighted by molar-refractivity contribution is -0.0102. The number of hydrogen-bond donors (Lipinski definition) is 0. The van der Waals surface area contributed by atoms with Gasteiger partial charge in [0.15, 0.2) is 5.58 Å². The molecule has 0 aliphatic carbocycles. The minimum atomic E-state index is -0.543. The molecular weight excluding hydrogens is 468 g/mol. The molecule has 1 amide bonds. The first-order valence-corrected chi connectivity index (χ1v) is 12.9. The molecule has 2 fully saturated rings. The SMILES string of the molecule is CCOC(=O)c1ccc(-c2nccs2)c2oc(N3CC4CCCC(C3)N4C(=O)OC(C)(C)C)nc12. The number of thiazole rings is 1. The summed E-state index contributed by atoms with van der Waals surface area (Å²) < 4.78 is 17.3. The van der Waals surface area contributed by atoms with Crippen molar-refractivity contribution in [3.63, 3.8) is 0 Å². The second-order valence-corrected chi connectivity index (χ2v) is 10.8. The molecule has 2 unspecified atom stereocenters. The molecule has 2 aromatic heterocycles. The number of esters is 1. The zero-order chi connectivity index (χ0) is 24.7. The van der Waals surface area contributed by atoms with Gasteiger partial charge in [-0.05, 0) is 59.1 Å². The average molecular weight is 499 g/mol. The van der Waals surface area contributed by atoms with E-state index in [4.69, 9.17) is 18.9 Å². The number of fused-ring (bicyclic) bond motifs is 3. The van der Waals surface area contributed by atoms with Gasteiger partial charge < -0.3 is 18.8 Å². The topological polar surface area (TPSA) is 98.0 Å². The van der Waals surface area contributed by atoms with Gasteiger partial charge in [0.05, 0.1) is 29.8 Å². The van der Waals surface area contributed by atoms with Crippen LogP contribution in [0.1, 0.15) is 57.3 Å². The van der Waals surface area contributed by atoms with Crippen LogP contribution in [0.4, 0.5) is 10.8 Å². The first kappa shape index (κ1) is 23.6. The summed E-state index contributed by atoms with van der Waals surface area (Å²) in [5, 5.41) is 2.69. The maximum absolute atomic E-state index is 13.0. The lowest BCUT2D eigenvalue weighted by atomic mass is 9.92. The predicted molar refractivity (Wildman–Crippen MR) is 133 cm³/mol. The fourth-order valence-electron chi connectivity index (χ4n) is 4.91. The van der Waals surface area contributed by atoms with Crippen molar-refractivity contribution in [1.29, 1.82) is 0 Å². The zero-order valence-electron chi connectivity index (χ0n) is 20.4. The molecule has 0 radical (unpaired) electrons. The number of aromatic nitrogens is 2. The van der Waals surface area contributed by atoms with E-state index in [1.54, 1.807) is 19.2 Å². The number of hydrogen-bond acceptors (Lipinski definition) is 9. The number of anilines is 1. The van der Waals surface area contributed by atoms with Crippen LogP contribution in [0.3, 0.4) is 0 Å². The maximum Gasteiger partial charge on any atom is 0.410 e. The van der Waals surface area contributed by atoms with Gasteiger partial charge in [0.25, 0.3) is 6.01 Å². The van der Waals surface area contributed by atoms with Gasteiger partial charge in [-0.15, -0.1) is 11.3 Å². The Labute approximate surface area is 208 Å². The summed E-state index contributed by atoms with van der Waals surface area (Å²) in [7, 11) is 0. The third kappa shape index (κ3) is 4.59. The number of piperazine rings is 1. The molecule has 0 spiro atoms. The number of ether oxygens (including phenoxy) is 2. The van der Waals surface area contributed by atoms with E-state index in [9.17, 15) is 9.59 Å². The Balaban J connectivity index is 1.50. The lowest BCUT2D eigenvalue weighted by Gasteiger charge is -2.49. The van der Waals surface area contributed by atoms with Crippen molar-refractivity contribution in [1.82, 2.24) is 14.9 Å². The van der Waals surface area contributed by atoms with E-state index >= 15 is 0 Å². The van der Waals surface area contributed by atoms with E-state index < -0.39 is 11.6 Å². The molecule has 35 heavy (non-hydrogen) atoms. The van der Waals surface area contributed by atoms with E-state index in [0.717, 1.165) is 29.8 Å². The number of amides is 1. The summed E-state index contributed by atoms with van der Waals surface area (Å²) in [6.45, 7) is 8.88. The fraction of sp³-hybridized carbons (Fsp3) is 0.520. The standard InChI is InChI=1S/C25H30N4O5S/c1-5-32-22(30)17-9-10-18(21-26-11-12-35-21)20-19(17)27-23(33-20)28-13-15-7-6-8-16(14-28)29(15)24(31)34-25(2,3)4/h9-12,15-16H,5-8,13-14H2,1-4H3. The minimum absolute atomic E-state index is 0.00956.